The van der Waals surface area contributed by atoms with Gasteiger partial charge in [-0.05, 0) is 43.9 Å². The van der Waals surface area contributed by atoms with Gasteiger partial charge in [0.2, 0.25) is 5.91 Å². The highest BCUT2D eigenvalue weighted by Gasteiger charge is 2.38. The first-order valence-electron chi connectivity index (χ1n) is 9.32. The molecule has 1 aromatic rings. The summed E-state index contributed by atoms with van der Waals surface area (Å²) in [6, 6.07) is 6.34. The molecule has 2 atom stereocenters. The monoisotopic (exact) mass is 344 g/mol. The third-order valence-corrected chi connectivity index (χ3v) is 5.91. The van der Waals surface area contributed by atoms with E-state index >= 15 is 0 Å². The van der Waals surface area contributed by atoms with Crippen LogP contribution >= 0.6 is 0 Å². The number of carbonyl (C=O) groups excluding carboxylic acids is 1. The number of hydrogen-bond acceptors (Lipinski definition) is 3. The van der Waals surface area contributed by atoms with Crippen LogP contribution in [-0.4, -0.2) is 48.1 Å². The van der Waals surface area contributed by atoms with Gasteiger partial charge in [0.25, 0.3) is 0 Å². The minimum absolute atomic E-state index is 0.0488. The van der Waals surface area contributed by atoms with Crippen LogP contribution in [0.2, 0.25) is 0 Å². The summed E-state index contributed by atoms with van der Waals surface area (Å²) in [6.07, 6.45) is 3.23. The van der Waals surface area contributed by atoms with Gasteiger partial charge >= 0.3 is 5.97 Å². The average molecular weight is 344 g/mol. The van der Waals surface area contributed by atoms with E-state index in [0.29, 0.717) is 25.9 Å². The Morgan fingerprint density at radius 1 is 1.00 bits per heavy atom. The van der Waals surface area contributed by atoms with Crippen molar-refractivity contribution in [3.05, 3.63) is 29.3 Å². The largest absolute Gasteiger partial charge is 0.481 e. The van der Waals surface area contributed by atoms with Crippen molar-refractivity contribution in [2.24, 2.45) is 11.8 Å². The summed E-state index contributed by atoms with van der Waals surface area (Å²) in [5, 5.41) is 9.42. The number of benzene rings is 1. The van der Waals surface area contributed by atoms with Crippen molar-refractivity contribution >= 4 is 17.6 Å². The Labute approximate surface area is 149 Å². The quantitative estimate of drug-likeness (QED) is 0.916. The van der Waals surface area contributed by atoms with Crippen LogP contribution in [-0.2, 0) is 9.59 Å². The Hall–Kier alpha value is -2.04. The van der Waals surface area contributed by atoms with Gasteiger partial charge in [0.05, 0.1) is 11.8 Å². The Morgan fingerprint density at radius 2 is 1.64 bits per heavy atom. The highest BCUT2D eigenvalue weighted by Crippen LogP contribution is 2.32. The lowest BCUT2D eigenvalue weighted by molar-refractivity contribution is -0.152. The predicted octanol–water partition coefficient (Wildman–Crippen LogP) is 2.84. The van der Waals surface area contributed by atoms with E-state index < -0.39 is 11.9 Å². The zero-order valence-corrected chi connectivity index (χ0v) is 15.2. The molecule has 25 heavy (non-hydrogen) atoms. The minimum atomic E-state index is -0.813. The molecular weight excluding hydrogens is 316 g/mol. The highest BCUT2D eigenvalue weighted by molar-refractivity contribution is 5.85. The zero-order valence-electron chi connectivity index (χ0n) is 15.2. The van der Waals surface area contributed by atoms with Gasteiger partial charge in [-0.15, -0.1) is 0 Å². The van der Waals surface area contributed by atoms with E-state index in [2.05, 4.69) is 36.9 Å². The fourth-order valence-corrected chi connectivity index (χ4v) is 4.20. The molecule has 1 saturated carbocycles. The molecule has 5 heteroatoms. The fraction of sp³-hybridized carbons (Fsp3) is 0.600. The SMILES string of the molecule is Cc1cccc(N2CCN(C(=O)[C@H]3CCCC[C@@H]3C(=O)O)CC2)c1C. The molecule has 136 valence electrons. The molecule has 0 aromatic heterocycles. The lowest BCUT2D eigenvalue weighted by Gasteiger charge is -2.39. The van der Waals surface area contributed by atoms with Crippen LogP contribution in [0.5, 0.6) is 0 Å². The number of aryl methyl sites for hydroxylation is 1. The molecule has 1 saturated heterocycles. The normalized spacial score (nSPS) is 24.2. The van der Waals surface area contributed by atoms with Crippen molar-refractivity contribution in [3.8, 4) is 0 Å². The number of anilines is 1. The van der Waals surface area contributed by atoms with Gasteiger partial charge in [-0.2, -0.15) is 0 Å². The van der Waals surface area contributed by atoms with Gasteiger partial charge in [0.15, 0.2) is 0 Å². The van der Waals surface area contributed by atoms with Gasteiger partial charge in [0, 0.05) is 31.9 Å². The van der Waals surface area contributed by atoms with Crippen molar-refractivity contribution in [2.45, 2.75) is 39.5 Å². The third-order valence-electron chi connectivity index (χ3n) is 5.91. The van der Waals surface area contributed by atoms with Crippen molar-refractivity contribution in [1.29, 1.82) is 0 Å². The molecule has 5 nitrogen and oxygen atoms in total. The summed E-state index contributed by atoms with van der Waals surface area (Å²) >= 11 is 0. The molecule has 0 bridgehead atoms. The van der Waals surface area contributed by atoms with Gasteiger partial charge in [-0.1, -0.05) is 25.0 Å². The van der Waals surface area contributed by atoms with Crippen LogP contribution in [0, 0.1) is 25.7 Å². The maximum Gasteiger partial charge on any atom is 0.307 e. The van der Waals surface area contributed by atoms with E-state index in [1.165, 1.54) is 16.8 Å². The maximum atomic E-state index is 12.9. The van der Waals surface area contributed by atoms with Crippen molar-refractivity contribution in [3.63, 3.8) is 0 Å². The maximum absolute atomic E-state index is 12.9. The second-order valence-corrected chi connectivity index (χ2v) is 7.37. The van der Waals surface area contributed by atoms with Crippen LogP contribution in [0.4, 0.5) is 5.69 Å². The van der Waals surface area contributed by atoms with E-state index in [0.717, 1.165) is 25.9 Å². The predicted molar refractivity (Wildman–Crippen MR) is 97.8 cm³/mol. The van der Waals surface area contributed by atoms with Crippen molar-refractivity contribution in [2.75, 3.05) is 31.1 Å². The topological polar surface area (TPSA) is 60.9 Å². The van der Waals surface area contributed by atoms with Gasteiger partial charge < -0.3 is 14.9 Å². The zero-order chi connectivity index (χ0) is 18.0. The van der Waals surface area contributed by atoms with Crippen molar-refractivity contribution in [1.82, 2.24) is 4.90 Å². The number of hydrogen-bond donors (Lipinski definition) is 1. The Kier molecular flexibility index (Phi) is 5.30. The van der Waals surface area contributed by atoms with Crippen LogP contribution in [0.1, 0.15) is 36.8 Å². The molecule has 1 aliphatic heterocycles. The second-order valence-electron chi connectivity index (χ2n) is 7.37. The molecule has 2 aliphatic rings. The summed E-state index contributed by atoms with van der Waals surface area (Å²) in [6.45, 7) is 7.22. The summed E-state index contributed by atoms with van der Waals surface area (Å²) in [5.41, 5.74) is 3.82. The van der Waals surface area contributed by atoms with Crippen LogP contribution in [0.25, 0.3) is 0 Å². The summed E-state index contributed by atoms with van der Waals surface area (Å²) < 4.78 is 0. The van der Waals surface area contributed by atoms with Gasteiger partial charge in [-0.25, -0.2) is 0 Å². The molecule has 0 unspecified atom stereocenters. The number of carboxylic acid groups (broad SMARTS) is 1. The number of rotatable bonds is 3. The van der Waals surface area contributed by atoms with Crippen LogP contribution < -0.4 is 4.90 Å². The first-order chi connectivity index (χ1) is 12.0. The summed E-state index contributed by atoms with van der Waals surface area (Å²) in [5.74, 6) is -1.60. The van der Waals surface area contributed by atoms with E-state index in [1.54, 1.807) is 0 Å². The van der Waals surface area contributed by atoms with Crippen LogP contribution in [0.3, 0.4) is 0 Å². The number of carbonyl (C=O) groups is 2. The first kappa shape index (κ1) is 17.8. The number of aliphatic carboxylic acids is 1. The van der Waals surface area contributed by atoms with Gasteiger partial charge in [-0.3, -0.25) is 9.59 Å². The molecule has 1 amide bonds. The number of piperazine rings is 1. The Balaban J connectivity index is 1.64. The molecule has 2 fully saturated rings. The Morgan fingerprint density at radius 3 is 2.28 bits per heavy atom. The molecule has 1 heterocycles. The number of amides is 1. The molecule has 1 aromatic carbocycles. The summed E-state index contributed by atoms with van der Waals surface area (Å²) in [4.78, 5) is 28.6. The summed E-state index contributed by atoms with van der Waals surface area (Å²) in [7, 11) is 0. The average Bonchev–Trinajstić information content (AvgIpc) is 2.63. The van der Waals surface area contributed by atoms with E-state index in [-0.39, 0.29) is 11.8 Å². The van der Waals surface area contributed by atoms with E-state index in [9.17, 15) is 14.7 Å². The second kappa shape index (κ2) is 7.46. The molecule has 0 radical (unpaired) electrons. The third kappa shape index (κ3) is 3.65. The Bertz CT molecular complexity index is 650. The fourth-order valence-electron chi connectivity index (χ4n) is 4.20. The van der Waals surface area contributed by atoms with E-state index in [1.807, 2.05) is 4.90 Å². The highest BCUT2D eigenvalue weighted by atomic mass is 16.4. The molecular formula is C20H28N2O3. The standard InChI is InChI=1S/C20H28N2O3/c1-14-6-5-9-18(15(14)2)21-10-12-22(13-11-21)19(23)16-7-3-4-8-17(16)20(24)25/h5-6,9,16-17H,3-4,7-8,10-13H2,1-2H3,(H,24,25)/t16-,17-/m0/s1. The van der Waals surface area contributed by atoms with Crippen molar-refractivity contribution < 1.29 is 14.7 Å². The number of carboxylic acids is 1. The van der Waals surface area contributed by atoms with Crippen LogP contribution in [0.15, 0.2) is 18.2 Å². The first-order valence-corrected chi connectivity index (χ1v) is 9.32. The van der Waals surface area contributed by atoms with E-state index in [4.69, 9.17) is 0 Å². The van der Waals surface area contributed by atoms with Gasteiger partial charge in [0.1, 0.15) is 0 Å². The lowest BCUT2D eigenvalue weighted by atomic mass is 9.78. The molecule has 1 aliphatic carbocycles. The molecule has 1 N–H and O–H groups in total. The lowest BCUT2D eigenvalue weighted by Crippen LogP contribution is -2.52. The number of nitrogens with zero attached hydrogens (tertiary/aromatic N) is 2. The molecule has 3 rings (SSSR count). The molecule has 0 spiro atoms. The smallest absolute Gasteiger partial charge is 0.307 e. The minimum Gasteiger partial charge on any atom is -0.481 e.